The normalized spacial score (nSPS) is 13.5. The highest BCUT2D eigenvalue weighted by atomic mass is 16.5. The van der Waals surface area contributed by atoms with E-state index in [4.69, 9.17) is 14.6 Å². The van der Waals surface area contributed by atoms with Crippen molar-refractivity contribution in [3.8, 4) is 11.5 Å². The predicted molar refractivity (Wildman–Crippen MR) is 78.8 cm³/mol. The van der Waals surface area contributed by atoms with E-state index in [1.165, 1.54) is 7.11 Å². The Morgan fingerprint density at radius 3 is 2.57 bits per heavy atom. The highest BCUT2D eigenvalue weighted by Gasteiger charge is 2.24. The lowest BCUT2D eigenvalue weighted by atomic mass is 9.97. The molecule has 2 atom stereocenters. The van der Waals surface area contributed by atoms with Crippen LogP contribution in [0, 0.1) is 0 Å². The molecule has 0 saturated heterocycles. The third kappa shape index (κ3) is 4.91. The summed E-state index contributed by atoms with van der Waals surface area (Å²) in [6, 6.07) is 4.80. The lowest BCUT2D eigenvalue weighted by Crippen LogP contribution is -2.35. The van der Waals surface area contributed by atoms with Gasteiger partial charge in [0, 0.05) is 18.0 Å². The summed E-state index contributed by atoms with van der Waals surface area (Å²) in [6.07, 6.45) is -0.569. The summed E-state index contributed by atoms with van der Waals surface area (Å²) >= 11 is 0. The Labute approximate surface area is 124 Å². The van der Waals surface area contributed by atoms with Crippen LogP contribution >= 0.6 is 0 Å². The predicted octanol–water partition coefficient (Wildman–Crippen LogP) is 1.58. The van der Waals surface area contributed by atoms with Gasteiger partial charge < -0.3 is 25.0 Å². The fourth-order valence-corrected chi connectivity index (χ4v) is 2.20. The molecule has 0 aromatic heterocycles. The molecule has 0 saturated carbocycles. The van der Waals surface area contributed by atoms with Crippen LogP contribution in [-0.4, -0.2) is 43.0 Å². The van der Waals surface area contributed by atoms with Crippen molar-refractivity contribution < 1.29 is 24.5 Å². The number of hydrogen-bond acceptors (Lipinski definition) is 5. The number of carbonyl (C=O) groups is 1. The summed E-state index contributed by atoms with van der Waals surface area (Å²) < 4.78 is 10.4. The van der Waals surface area contributed by atoms with E-state index in [0.717, 1.165) is 0 Å². The molecule has 0 heterocycles. The first-order valence-electron chi connectivity index (χ1n) is 6.88. The minimum Gasteiger partial charge on any atom is -0.497 e. The van der Waals surface area contributed by atoms with Crippen molar-refractivity contribution in [1.29, 1.82) is 0 Å². The van der Waals surface area contributed by atoms with Gasteiger partial charge in [0.25, 0.3) is 0 Å². The minimum atomic E-state index is -0.886. The van der Waals surface area contributed by atoms with Crippen LogP contribution in [0.15, 0.2) is 18.2 Å². The number of aliphatic hydroxyl groups is 1. The molecule has 0 spiro atoms. The van der Waals surface area contributed by atoms with E-state index in [-0.39, 0.29) is 12.5 Å². The maximum atomic E-state index is 10.7. The van der Waals surface area contributed by atoms with Crippen molar-refractivity contribution >= 4 is 5.97 Å². The van der Waals surface area contributed by atoms with Crippen LogP contribution < -0.4 is 14.8 Å². The lowest BCUT2D eigenvalue weighted by Gasteiger charge is -2.25. The number of hydrogen-bond donors (Lipinski definition) is 3. The number of ether oxygens (including phenoxy) is 2. The summed E-state index contributed by atoms with van der Waals surface area (Å²) in [5, 5.41) is 22.5. The van der Waals surface area contributed by atoms with Gasteiger partial charge in [-0.3, -0.25) is 4.79 Å². The first kappa shape index (κ1) is 17.3. The molecule has 118 valence electrons. The van der Waals surface area contributed by atoms with Crippen molar-refractivity contribution in [3.63, 3.8) is 0 Å². The van der Waals surface area contributed by atoms with Gasteiger partial charge in [-0.1, -0.05) is 6.92 Å². The molecule has 0 aliphatic heterocycles. The van der Waals surface area contributed by atoms with Crippen molar-refractivity contribution in [2.45, 2.75) is 31.9 Å². The zero-order valence-electron chi connectivity index (χ0n) is 12.6. The number of methoxy groups -OCH3 is 2. The topological polar surface area (TPSA) is 88.0 Å². The first-order chi connectivity index (χ1) is 10.0. The molecule has 0 amide bonds. The van der Waals surface area contributed by atoms with Crippen molar-refractivity contribution in [1.82, 2.24) is 5.32 Å². The van der Waals surface area contributed by atoms with Gasteiger partial charge in [0.2, 0.25) is 0 Å². The Balaban J connectivity index is 3.00. The Kier molecular flexibility index (Phi) is 6.98. The molecule has 2 unspecified atom stereocenters. The highest BCUT2D eigenvalue weighted by molar-refractivity contribution is 5.66. The maximum absolute atomic E-state index is 10.7. The quantitative estimate of drug-likeness (QED) is 0.641. The van der Waals surface area contributed by atoms with E-state index in [1.54, 1.807) is 25.3 Å². The van der Waals surface area contributed by atoms with Crippen molar-refractivity contribution in [2.24, 2.45) is 0 Å². The maximum Gasteiger partial charge on any atom is 0.303 e. The van der Waals surface area contributed by atoms with Crippen molar-refractivity contribution in [3.05, 3.63) is 23.8 Å². The standard InChI is InChI=1S/C15H23NO5/c1-4-16-12(6-8-14(17)18)15(19)11-9-10(20-2)5-7-13(11)21-3/h5,7,9,12,15-16,19H,4,6,8H2,1-3H3,(H,17,18). The highest BCUT2D eigenvalue weighted by Crippen LogP contribution is 2.32. The second kappa shape index (κ2) is 8.49. The summed E-state index contributed by atoms with van der Waals surface area (Å²) in [4.78, 5) is 10.7. The van der Waals surface area contributed by atoms with E-state index in [1.807, 2.05) is 6.92 Å². The van der Waals surface area contributed by atoms with E-state index in [9.17, 15) is 9.90 Å². The van der Waals surface area contributed by atoms with Crippen LogP contribution in [0.3, 0.4) is 0 Å². The molecule has 1 rings (SSSR count). The summed E-state index contributed by atoms with van der Waals surface area (Å²) in [5.41, 5.74) is 0.577. The van der Waals surface area contributed by atoms with Crippen LogP contribution in [0.2, 0.25) is 0 Å². The second-order valence-corrected chi connectivity index (χ2v) is 4.65. The Bertz CT molecular complexity index is 463. The molecule has 6 nitrogen and oxygen atoms in total. The van der Waals surface area contributed by atoms with Crippen LogP contribution in [0.1, 0.15) is 31.4 Å². The third-order valence-electron chi connectivity index (χ3n) is 3.27. The average molecular weight is 297 g/mol. The van der Waals surface area contributed by atoms with Crippen molar-refractivity contribution in [2.75, 3.05) is 20.8 Å². The fourth-order valence-electron chi connectivity index (χ4n) is 2.20. The molecule has 0 radical (unpaired) electrons. The number of rotatable bonds is 9. The summed E-state index contributed by atoms with van der Waals surface area (Å²) in [7, 11) is 3.07. The number of benzene rings is 1. The lowest BCUT2D eigenvalue weighted by molar-refractivity contribution is -0.137. The van der Waals surface area contributed by atoms with Gasteiger partial charge in [0.15, 0.2) is 0 Å². The molecule has 3 N–H and O–H groups in total. The summed E-state index contributed by atoms with van der Waals surface area (Å²) in [6.45, 7) is 2.54. The van der Waals surface area contributed by atoms with E-state index >= 15 is 0 Å². The molecule has 0 fully saturated rings. The van der Waals surface area contributed by atoms with Crippen LogP contribution in [0.5, 0.6) is 11.5 Å². The van der Waals surface area contributed by atoms with Gasteiger partial charge in [-0.25, -0.2) is 0 Å². The van der Waals surface area contributed by atoms with Crippen LogP contribution in [0.25, 0.3) is 0 Å². The smallest absolute Gasteiger partial charge is 0.303 e. The van der Waals surface area contributed by atoms with Crippen LogP contribution in [-0.2, 0) is 4.79 Å². The SMILES string of the molecule is CCNC(CCC(=O)O)C(O)c1cc(OC)ccc1OC. The van der Waals surface area contributed by atoms with Gasteiger partial charge in [0.05, 0.1) is 20.3 Å². The second-order valence-electron chi connectivity index (χ2n) is 4.65. The number of carboxylic acids is 1. The van der Waals surface area contributed by atoms with E-state index in [2.05, 4.69) is 5.32 Å². The van der Waals surface area contributed by atoms with E-state index < -0.39 is 12.1 Å². The fraction of sp³-hybridized carbons (Fsp3) is 0.533. The van der Waals surface area contributed by atoms with Gasteiger partial charge in [-0.05, 0) is 31.2 Å². The number of likely N-dealkylation sites (N-methyl/N-ethyl adjacent to an activating group) is 1. The third-order valence-corrected chi connectivity index (χ3v) is 3.27. The zero-order valence-corrected chi connectivity index (χ0v) is 12.6. The molecule has 0 aliphatic rings. The molecule has 21 heavy (non-hydrogen) atoms. The molecular weight excluding hydrogens is 274 g/mol. The van der Waals surface area contributed by atoms with Gasteiger partial charge in [-0.2, -0.15) is 0 Å². The van der Waals surface area contributed by atoms with Gasteiger partial charge >= 0.3 is 5.97 Å². The number of carboxylic acid groups (broad SMARTS) is 1. The van der Waals surface area contributed by atoms with Gasteiger partial charge in [0.1, 0.15) is 11.5 Å². The Morgan fingerprint density at radius 1 is 1.33 bits per heavy atom. The first-order valence-corrected chi connectivity index (χ1v) is 6.88. The average Bonchev–Trinajstić information content (AvgIpc) is 2.49. The molecule has 6 heteroatoms. The van der Waals surface area contributed by atoms with E-state index in [0.29, 0.717) is 30.0 Å². The molecule has 1 aromatic rings. The Hall–Kier alpha value is -1.79. The number of nitrogens with one attached hydrogen (secondary N) is 1. The van der Waals surface area contributed by atoms with Crippen LogP contribution in [0.4, 0.5) is 0 Å². The summed E-state index contributed by atoms with van der Waals surface area (Å²) in [5.74, 6) is 0.266. The molecule has 1 aromatic carbocycles. The number of aliphatic hydroxyl groups excluding tert-OH is 1. The zero-order chi connectivity index (χ0) is 15.8. The molecular formula is C15H23NO5. The molecule has 0 aliphatic carbocycles. The molecule has 0 bridgehead atoms. The number of aliphatic carboxylic acids is 1. The Morgan fingerprint density at radius 2 is 2.05 bits per heavy atom. The minimum absolute atomic E-state index is 0.0129. The monoisotopic (exact) mass is 297 g/mol. The van der Waals surface area contributed by atoms with Gasteiger partial charge in [-0.15, -0.1) is 0 Å². The largest absolute Gasteiger partial charge is 0.497 e.